The van der Waals surface area contributed by atoms with E-state index in [9.17, 15) is 14.0 Å². The maximum absolute atomic E-state index is 13.4. The van der Waals surface area contributed by atoms with Crippen LogP contribution in [0.5, 0.6) is 0 Å². The highest BCUT2D eigenvalue weighted by Crippen LogP contribution is 2.33. The number of aliphatic imine (C=N–C) groups is 1. The molecule has 2 aromatic rings. The third-order valence-electron chi connectivity index (χ3n) is 6.42. The molecule has 3 amide bonds. The summed E-state index contributed by atoms with van der Waals surface area (Å²) in [5.74, 6) is 0.627. The van der Waals surface area contributed by atoms with Crippen LogP contribution in [0.25, 0.3) is 5.69 Å². The van der Waals surface area contributed by atoms with E-state index in [0.717, 1.165) is 25.7 Å². The van der Waals surface area contributed by atoms with Gasteiger partial charge in [-0.2, -0.15) is 5.10 Å². The van der Waals surface area contributed by atoms with Gasteiger partial charge in [0, 0.05) is 19.6 Å². The van der Waals surface area contributed by atoms with Crippen LogP contribution in [0.1, 0.15) is 37.7 Å². The van der Waals surface area contributed by atoms with Crippen LogP contribution in [0.15, 0.2) is 35.5 Å². The number of fused-ring (bicyclic) bond motifs is 3. The molecule has 5 rings (SSSR count). The zero-order valence-corrected chi connectivity index (χ0v) is 17.5. The van der Waals surface area contributed by atoms with Gasteiger partial charge in [0.25, 0.3) is 0 Å². The van der Waals surface area contributed by atoms with E-state index in [1.807, 2.05) is 7.05 Å². The molecule has 1 fully saturated rings. The molecule has 0 saturated heterocycles. The zero-order valence-electron chi connectivity index (χ0n) is 17.5. The first-order valence-electron chi connectivity index (χ1n) is 10.8. The standard InChI is InChI=1S/C22H25FN6O2/c1-26(16-5-3-2-4-6-16)19(30)14-28-21-18(20-24-11-12-27(20)22(28)31)13-25-29(21)17-9-7-15(23)8-10-17/h7-10,13,16H,2-6,11-12,14H2,1H3. The van der Waals surface area contributed by atoms with Crippen molar-refractivity contribution >= 4 is 23.6 Å². The summed E-state index contributed by atoms with van der Waals surface area (Å²) >= 11 is 0. The van der Waals surface area contributed by atoms with E-state index in [1.165, 1.54) is 23.5 Å². The van der Waals surface area contributed by atoms with E-state index in [2.05, 4.69) is 10.1 Å². The molecule has 31 heavy (non-hydrogen) atoms. The van der Waals surface area contributed by atoms with Crippen LogP contribution in [-0.2, 0) is 4.79 Å². The van der Waals surface area contributed by atoms with Gasteiger partial charge in [-0.25, -0.2) is 13.9 Å². The second-order valence-electron chi connectivity index (χ2n) is 8.29. The highest BCUT2D eigenvalue weighted by Gasteiger charge is 2.41. The van der Waals surface area contributed by atoms with Gasteiger partial charge >= 0.3 is 6.03 Å². The molecule has 2 aliphatic heterocycles. The quantitative estimate of drug-likeness (QED) is 0.758. The highest BCUT2D eigenvalue weighted by atomic mass is 19.1. The first-order valence-corrected chi connectivity index (χ1v) is 10.8. The van der Waals surface area contributed by atoms with Gasteiger partial charge in [0.2, 0.25) is 5.91 Å². The van der Waals surface area contributed by atoms with Crippen molar-refractivity contribution in [3.8, 4) is 5.69 Å². The molecular weight excluding hydrogens is 399 g/mol. The van der Waals surface area contributed by atoms with Crippen LogP contribution in [0.3, 0.4) is 0 Å². The summed E-state index contributed by atoms with van der Waals surface area (Å²) in [6, 6.07) is 5.83. The fraction of sp³-hybridized carbons (Fsp3) is 0.455. The summed E-state index contributed by atoms with van der Waals surface area (Å²) in [4.78, 5) is 35.9. The fourth-order valence-electron chi connectivity index (χ4n) is 4.69. The zero-order chi connectivity index (χ0) is 21.5. The SMILES string of the molecule is CN(C(=O)CN1C(=O)N2CCN=C2c2cnn(-c3ccc(F)cc3)c21)C1CCCCC1. The molecule has 1 aliphatic carbocycles. The first kappa shape index (κ1) is 19.7. The summed E-state index contributed by atoms with van der Waals surface area (Å²) in [6.07, 6.45) is 7.11. The van der Waals surface area contributed by atoms with Crippen molar-refractivity contribution in [3.63, 3.8) is 0 Å². The van der Waals surface area contributed by atoms with Crippen molar-refractivity contribution in [3.05, 3.63) is 41.8 Å². The number of amides is 3. The van der Waals surface area contributed by atoms with Crippen molar-refractivity contribution in [2.45, 2.75) is 38.1 Å². The Morgan fingerprint density at radius 2 is 1.94 bits per heavy atom. The lowest BCUT2D eigenvalue weighted by molar-refractivity contribution is -0.131. The monoisotopic (exact) mass is 424 g/mol. The van der Waals surface area contributed by atoms with Gasteiger partial charge in [-0.15, -0.1) is 0 Å². The molecule has 1 aromatic heterocycles. The number of aromatic nitrogens is 2. The number of hydrogen-bond donors (Lipinski definition) is 0. The molecule has 162 valence electrons. The van der Waals surface area contributed by atoms with Crippen LogP contribution in [0.4, 0.5) is 15.0 Å². The molecule has 0 spiro atoms. The largest absolute Gasteiger partial charge is 0.341 e. The number of rotatable bonds is 4. The van der Waals surface area contributed by atoms with Gasteiger partial charge in [-0.1, -0.05) is 19.3 Å². The average molecular weight is 424 g/mol. The highest BCUT2D eigenvalue weighted by molar-refractivity contribution is 6.20. The Bertz CT molecular complexity index is 1040. The van der Waals surface area contributed by atoms with E-state index in [1.54, 1.807) is 32.8 Å². The average Bonchev–Trinajstić information content (AvgIpc) is 3.44. The van der Waals surface area contributed by atoms with E-state index in [-0.39, 0.29) is 30.3 Å². The van der Waals surface area contributed by atoms with Crippen LogP contribution >= 0.6 is 0 Å². The maximum Gasteiger partial charge on any atom is 0.331 e. The van der Waals surface area contributed by atoms with Gasteiger partial charge in [-0.05, 0) is 37.1 Å². The Kier molecular flexibility index (Phi) is 4.95. The molecule has 0 N–H and O–H groups in total. The predicted octanol–water partition coefficient (Wildman–Crippen LogP) is 2.80. The second kappa shape index (κ2) is 7.79. The van der Waals surface area contributed by atoms with Gasteiger partial charge in [0.15, 0.2) is 5.82 Å². The van der Waals surface area contributed by atoms with Crippen LogP contribution in [0, 0.1) is 5.82 Å². The minimum absolute atomic E-state index is 0.0739. The smallest absolute Gasteiger partial charge is 0.331 e. The second-order valence-corrected chi connectivity index (χ2v) is 8.29. The number of carbonyl (C=O) groups excluding carboxylic acids is 2. The van der Waals surface area contributed by atoms with E-state index < -0.39 is 0 Å². The molecule has 0 unspecified atom stereocenters. The summed E-state index contributed by atoms with van der Waals surface area (Å²) in [5.41, 5.74) is 1.31. The third kappa shape index (κ3) is 3.37. The summed E-state index contributed by atoms with van der Waals surface area (Å²) in [7, 11) is 1.83. The third-order valence-corrected chi connectivity index (χ3v) is 6.42. The van der Waals surface area contributed by atoms with Gasteiger partial charge in [0.1, 0.15) is 18.2 Å². The summed E-state index contributed by atoms with van der Waals surface area (Å²) in [6.45, 7) is 0.931. The molecule has 3 aliphatic rings. The molecule has 9 heteroatoms. The topological polar surface area (TPSA) is 74.0 Å². The Morgan fingerprint density at radius 1 is 1.19 bits per heavy atom. The Morgan fingerprint density at radius 3 is 2.68 bits per heavy atom. The van der Waals surface area contributed by atoms with Crippen molar-refractivity contribution in [2.24, 2.45) is 4.99 Å². The molecule has 0 bridgehead atoms. The van der Waals surface area contributed by atoms with Crippen LogP contribution in [0.2, 0.25) is 0 Å². The minimum Gasteiger partial charge on any atom is -0.341 e. The van der Waals surface area contributed by atoms with Gasteiger partial charge in [0.05, 0.1) is 24.0 Å². The number of amidine groups is 1. The molecule has 3 heterocycles. The van der Waals surface area contributed by atoms with E-state index in [0.29, 0.717) is 36.0 Å². The Labute approximate surface area is 179 Å². The summed E-state index contributed by atoms with van der Waals surface area (Å²) in [5, 5.41) is 4.45. The number of anilines is 1. The Hall–Kier alpha value is -3.23. The number of likely N-dealkylation sites (N-methyl/N-ethyl adjacent to an activating group) is 1. The number of carbonyl (C=O) groups is 2. The molecule has 1 aromatic carbocycles. The predicted molar refractivity (Wildman–Crippen MR) is 114 cm³/mol. The number of urea groups is 1. The van der Waals surface area contributed by atoms with Crippen molar-refractivity contribution in [1.82, 2.24) is 19.6 Å². The normalized spacial score (nSPS) is 18.6. The fourth-order valence-corrected chi connectivity index (χ4v) is 4.69. The lowest BCUT2D eigenvalue weighted by atomic mass is 9.94. The molecular formula is C22H25FN6O2. The number of hydrogen-bond acceptors (Lipinski definition) is 4. The van der Waals surface area contributed by atoms with Crippen LogP contribution < -0.4 is 4.90 Å². The van der Waals surface area contributed by atoms with E-state index in [4.69, 9.17) is 0 Å². The summed E-state index contributed by atoms with van der Waals surface area (Å²) < 4.78 is 15.0. The van der Waals surface area contributed by atoms with Crippen molar-refractivity contribution < 1.29 is 14.0 Å². The van der Waals surface area contributed by atoms with Gasteiger partial charge in [-0.3, -0.25) is 19.6 Å². The molecule has 8 nitrogen and oxygen atoms in total. The lowest BCUT2D eigenvalue weighted by Crippen LogP contribution is -2.54. The molecule has 0 radical (unpaired) electrons. The maximum atomic E-state index is 13.4. The van der Waals surface area contributed by atoms with Crippen molar-refractivity contribution in [2.75, 3.05) is 31.6 Å². The number of benzene rings is 1. The van der Waals surface area contributed by atoms with Crippen molar-refractivity contribution in [1.29, 1.82) is 0 Å². The van der Waals surface area contributed by atoms with E-state index >= 15 is 0 Å². The first-order chi connectivity index (χ1) is 15.0. The molecule has 1 saturated carbocycles. The Balaban J connectivity index is 1.50. The molecule has 0 atom stereocenters. The number of nitrogens with zero attached hydrogens (tertiary/aromatic N) is 6. The van der Waals surface area contributed by atoms with Crippen LogP contribution in [-0.4, -0.2) is 70.1 Å². The minimum atomic E-state index is -0.353. The number of halogens is 1. The lowest BCUT2D eigenvalue weighted by Gasteiger charge is -2.36. The van der Waals surface area contributed by atoms with Gasteiger partial charge < -0.3 is 4.90 Å².